The highest BCUT2D eigenvalue weighted by molar-refractivity contribution is 14.0. The van der Waals surface area contributed by atoms with Crippen LogP contribution in [0.3, 0.4) is 0 Å². The summed E-state index contributed by atoms with van der Waals surface area (Å²) in [6.07, 6.45) is 6.34. The van der Waals surface area contributed by atoms with Crippen molar-refractivity contribution < 1.29 is 4.42 Å². The fourth-order valence-corrected chi connectivity index (χ4v) is 3.41. The maximum Gasteiger partial charge on any atom is 0.191 e. The molecule has 2 rings (SSSR count). The number of rotatable bonds is 7. The van der Waals surface area contributed by atoms with Gasteiger partial charge in [-0.25, -0.2) is 0 Å². The molecule has 0 aliphatic carbocycles. The predicted molar refractivity (Wildman–Crippen MR) is 107 cm³/mol. The normalized spacial score (nSPS) is 19.5. The van der Waals surface area contributed by atoms with Crippen LogP contribution in [0.2, 0.25) is 0 Å². The molecule has 6 heteroatoms. The molecule has 22 heavy (non-hydrogen) atoms. The SMILES string of the molecule is CCC(C)NC(=NCC1CCCS1)NCCc1ccco1.I. The van der Waals surface area contributed by atoms with Gasteiger partial charge in [0.2, 0.25) is 0 Å². The Morgan fingerprint density at radius 1 is 1.55 bits per heavy atom. The smallest absolute Gasteiger partial charge is 0.191 e. The van der Waals surface area contributed by atoms with Crippen LogP contribution in [0.25, 0.3) is 0 Å². The van der Waals surface area contributed by atoms with Gasteiger partial charge in [-0.2, -0.15) is 11.8 Å². The summed E-state index contributed by atoms with van der Waals surface area (Å²) < 4.78 is 5.36. The van der Waals surface area contributed by atoms with Crippen LogP contribution >= 0.6 is 35.7 Å². The molecule has 1 aliphatic heterocycles. The molecule has 2 atom stereocenters. The molecule has 1 saturated heterocycles. The summed E-state index contributed by atoms with van der Waals surface area (Å²) in [5.41, 5.74) is 0. The minimum atomic E-state index is 0. The molecular weight excluding hydrogens is 409 g/mol. The summed E-state index contributed by atoms with van der Waals surface area (Å²) in [6.45, 7) is 6.13. The van der Waals surface area contributed by atoms with Crippen molar-refractivity contribution in [1.29, 1.82) is 0 Å². The van der Waals surface area contributed by atoms with Gasteiger partial charge in [-0.3, -0.25) is 4.99 Å². The number of furan rings is 1. The molecule has 0 saturated carbocycles. The number of hydrogen-bond donors (Lipinski definition) is 2. The molecule has 126 valence electrons. The van der Waals surface area contributed by atoms with E-state index in [1.807, 2.05) is 12.1 Å². The fraction of sp³-hybridized carbons (Fsp3) is 0.688. The standard InChI is InChI=1S/C16H27N3OS.HI/c1-3-13(2)19-16(18-12-15-7-5-11-21-15)17-9-8-14-6-4-10-20-14;/h4,6,10,13,15H,3,5,7-9,11-12H2,1-2H3,(H2,17,18,19);1H. The van der Waals surface area contributed by atoms with E-state index in [-0.39, 0.29) is 24.0 Å². The minimum absolute atomic E-state index is 0. The first-order chi connectivity index (χ1) is 10.3. The highest BCUT2D eigenvalue weighted by Gasteiger charge is 2.15. The van der Waals surface area contributed by atoms with E-state index in [0.717, 1.165) is 37.7 Å². The summed E-state index contributed by atoms with van der Waals surface area (Å²) in [4.78, 5) is 4.76. The summed E-state index contributed by atoms with van der Waals surface area (Å²) in [5.74, 6) is 3.24. The van der Waals surface area contributed by atoms with Gasteiger partial charge in [0.1, 0.15) is 5.76 Å². The Bertz CT molecular complexity index is 419. The van der Waals surface area contributed by atoms with Gasteiger partial charge in [0.25, 0.3) is 0 Å². The molecular formula is C16H28IN3OS. The first-order valence-electron chi connectivity index (χ1n) is 7.96. The van der Waals surface area contributed by atoms with Crippen LogP contribution in [0, 0.1) is 0 Å². The van der Waals surface area contributed by atoms with Crippen LogP contribution in [0.4, 0.5) is 0 Å². The Morgan fingerprint density at radius 3 is 3.05 bits per heavy atom. The maximum absolute atomic E-state index is 5.36. The number of guanidine groups is 1. The van der Waals surface area contributed by atoms with Crippen molar-refractivity contribution in [2.45, 2.75) is 50.8 Å². The lowest BCUT2D eigenvalue weighted by molar-refractivity contribution is 0.506. The van der Waals surface area contributed by atoms with Gasteiger partial charge >= 0.3 is 0 Å². The Balaban J connectivity index is 0.00000242. The zero-order valence-corrected chi connectivity index (χ0v) is 16.7. The minimum Gasteiger partial charge on any atom is -0.469 e. The molecule has 1 fully saturated rings. The third-order valence-electron chi connectivity index (χ3n) is 3.72. The van der Waals surface area contributed by atoms with Crippen molar-refractivity contribution in [2.24, 2.45) is 4.99 Å². The average molecular weight is 437 g/mol. The van der Waals surface area contributed by atoms with Crippen LogP contribution in [0.15, 0.2) is 27.8 Å². The lowest BCUT2D eigenvalue weighted by Gasteiger charge is -2.17. The van der Waals surface area contributed by atoms with E-state index < -0.39 is 0 Å². The molecule has 0 radical (unpaired) electrons. The van der Waals surface area contributed by atoms with Gasteiger partial charge in [0, 0.05) is 24.3 Å². The Kier molecular flexibility index (Phi) is 10.0. The highest BCUT2D eigenvalue weighted by Crippen LogP contribution is 2.25. The highest BCUT2D eigenvalue weighted by atomic mass is 127. The summed E-state index contributed by atoms with van der Waals surface area (Å²) in [6, 6.07) is 4.38. The van der Waals surface area contributed by atoms with Gasteiger partial charge in [0.15, 0.2) is 5.96 Å². The zero-order valence-electron chi connectivity index (χ0n) is 13.5. The van der Waals surface area contributed by atoms with Gasteiger partial charge in [-0.05, 0) is 44.1 Å². The third-order valence-corrected chi connectivity index (χ3v) is 5.10. The van der Waals surface area contributed by atoms with E-state index in [9.17, 15) is 0 Å². The first-order valence-corrected chi connectivity index (χ1v) is 9.01. The molecule has 2 heterocycles. The first kappa shape index (κ1) is 19.7. The fourth-order valence-electron chi connectivity index (χ4n) is 2.23. The average Bonchev–Trinajstić information content (AvgIpc) is 3.17. The Labute approximate surface area is 155 Å². The summed E-state index contributed by atoms with van der Waals surface area (Å²) in [5, 5.41) is 7.59. The molecule has 0 bridgehead atoms. The van der Waals surface area contributed by atoms with Crippen LogP contribution < -0.4 is 10.6 Å². The number of aliphatic imine (C=N–C) groups is 1. The molecule has 0 amide bonds. The number of hydrogen-bond acceptors (Lipinski definition) is 3. The number of nitrogens with one attached hydrogen (secondary N) is 2. The van der Waals surface area contributed by atoms with E-state index in [1.54, 1.807) is 6.26 Å². The van der Waals surface area contributed by atoms with E-state index in [0.29, 0.717) is 11.3 Å². The van der Waals surface area contributed by atoms with E-state index in [4.69, 9.17) is 9.41 Å². The largest absolute Gasteiger partial charge is 0.469 e. The van der Waals surface area contributed by atoms with Crippen molar-refractivity contribution in [3.63, 3.8) is 0 Å². The molecule has 2 N–H and O–H groups in total. The molecule has 1 aromatic heterocycles. The lowest BCUT2D eigenvalue weighted by Crippen LogP contribution is -2.43. The molecule has 1 aromatic rings. The second-order valence-corrected chi connectivity index (χ2v) is 6.94. The van der Waals surface area contributed by atoms with Gasteiger partial charge < -0.3 is 15.1 Å². The second kappa shape index (κ2) is 11.2. The van der Waals surface area contributed by atoms with Crippen molar-refractivity contribution in [3.8, 4) is 0 Å². The van der Waals surface area contributed by atoms with Crippen LogP contribution in [-0.4, -0.2) is 36.1 Å². The third kappa shape index (κ3) is 7.26. The molecule has 4 nitrogen and oxygen atoms in total. The monoisotopic (exact) mass is 437 g/mol. The van der Waals surface area contributed by atoms with Gasteiger partial charge in [-0.15, -0.1) is 24.0 Å². The maximum atomic E-state index is 5.36. The number of nitrogens with zero attached hydrogens (tertiary/aromatic N) is 1. The van der Waals surface area contributed by atoms with Crippen molar-refractivity contribution >= 4 is 41.7 Å². The van der Waals surface area contributed by atoms with E-state index >= 15 is 0 Å². The van der Waals surface area contributed by atoms with Crippen molar-refractivity contribution in [2.75, 3.05) is 18.8 Å². The van der Waals surface area contributed by atoms with Gasteiger partial charge in [0.05, 0.1) is 12.8 Å². The van der Waals surface area contributed by atoms with Crippen LogP contribution in [-0.2, 0) is 6.42 Å². The van der Waals surface area contributed by atoms with Crippen molar-refractivity contribution in [3.05, 3.63) is 24.2 Å². The molecule has 2 unspecified atom stereocenters. The number of halogens is 1. The quantitative estimate of drug-likeness (QED) is 0.388. The lowest BCUT2D eigenvalue weighted by atomic mass is 10.2. The molecule has 0 spiro atoms. The van der Waals surface area contributed by atoms with Crippen LogP contribution in [0.1, 0.15) is 38.9 Å². The summed E-state index contributed by atoms with van der Waals surface area (Å²) >= 11 is 2.05. The predicted octanol–water partition coefficient (Wildman–Crippen LogP) is 3.67. The number of thioether (sulfide) groups is 1. The molecule has 0 aromatic carbocycles. The molecule has 1 aliphatic rings. The van der Waals surface area contributed by atoms with Crippen LogP contribution in [0.5, 0.6) is 0 Å². The van der Waals surface area contributed by atoms with Crippen molar-refractivity contribution in [1.82, 2.24) is 10.6 Å². The topological polar surface area (TPSA) is 49.6 Å². The Hall–Kier alpha value is -0.370. The summed E-state index contributed by atoms with van der Waals surface area (Å²) in [7, 11) is 0. The zero-order chi connectivity index (χ0) is 14.9. The second-order valence-electron chi connectivity index (χ2n) is 5.53. The van der Waals surface area contributed by atoms with Gasteiger partial charge in [-0.1, -0.05) is 6.92 Å². The Morgan fingerprint density at radius 2 is 2.41 bits per heavy atom. The van der Waals surface area contributed by atoms with E-state index in [1.165, 1.54) is 18.6 Å². The van der Waals surface area contributed by atoms with E-state index in [2.05, 4.69) is 36.2 Å².